The lowest BCUT2D eigenvalue weighted by Gasteiger charge is -2.12. The minimum Gasteiger partial charge on any atom is -0.497 e. The Morgan fingerprint density at radius 1 is 1.11 bits per heavy atom. The van der Waals surface area contributed by atoms with Gasteiger partial charge >= 0.3 is 0 Å². The van der Waals surface area contributed by atoms with Crippen LogP contribution in [0.3, 0.4) is 0 Å². The van der Waals surface area contributed by atoms with Gasteiger partial charge in [-0.2, -0.15) is 0 Å². The molecule has 0 unspecified atom stereocenters. The lowest BCUT2D eigenvalue weighted by molar-refractivity contribution is 0.102. The molecule has 0 spiro atoms. The summed E-state index contributed by atoms with van der Waals surface area (Å²) in [5.74, 6) is 1.12. The van der Waals surface area contributed by atoms with Crippen LogP contribution in [0.1, 0.15) is 16.1 Å². The molecule has 28 heavy (non-hydrogen) atoms. The third-order valence-corrected chi connectivity index (χ3v) is 4.37. The second-order valence-electron chi connectivity index (χ2n) is 6.24. The molecule has 0 radical (unpaired) electrons. The van der Waals surface area contributed by atoms with Crippen molar-refractivity contribution in [3.8, 4) is 11.4 Å². The normalized spacial score (nSPS) is 10.8. The number of benzene rings is 2. The molecule has 1 N–H and O–H groups in total. The van der Waals surface area contributed by atoms with Gasteiger partial charge in [0.05, 0.1) is 18.4 Å². The Kier molecular flexibility index (Phi) is 4.41. The topological polar surface area (TPSA) is 86.4 Å². The van der Waals surface area contributed by atoms with E-state index in [1.165, 1.54) is 10.8 Å². The van der Waals surface area contributed by atoms with E-state index in [-0.39, 0.29) is 11.5 Å². The molecule has 7 heteroatoms. The summed E-state index contributed by atoms with van der Waals surface area (Å²) in [6, 6.07) is 15.7. The number of pyridine rings is 1. The van der Waals surface area contributed by atoms with Crippen LogP contribution in [0.25, 0.3) is 16.5 Å². The fourth-order valence-corrected chi connectivity index (χ4v) is 3.03. The van der Waals surface area contributed by atoms with Crippen LogP contribution in [0.2, 0.25) is 0 Å². The summed E-state index contributed by atoms with van der Waals surface area (Å²) in [6.45, 7) is 1.74. The summed E-state index contributed by atoms with van der Waals surface area (Å²) < 4.78 is 11.7. The zero-order valence-corrected chi connectivity index (χ0v) is 15.3. The zero-order chi connectivity index (χ0) is 19.7. The Morgan fingerprint density at radius 3 is 2.61 bits per heavy atom. The summed E-state index contributed by atoms with van der Waals surface area (Å²) in [6.07, 6.45) is 1.53. The van der Waals surface area contributed by atoms with Crippen LogP contribution in [0.15, 0.2) is 70.1 Å². The number of nitrogens with one attached hydrogen (secondary N) is 1. The summed E-state index contributed by atoms with van der Waals surface area (Å²) in [4.78, 5) is 26.0. The first-order valence-corrected chi connectivity index (χ1v) is 8.60. The van der Waals surface area contributed by atoms with Crippen molar-refractivity contribution in [2.45, 2.75) is 6.92 Å². The van der Waals surface area contributed by atoms with Gasteiger partial charge in [-0.05, 0) is 25.1 Å². The van der Waals surface area contributed by atoms with E-state index in [9.17, 15) is 9.59 Å². The molecule has 0 saturated heterocycles. The molecule has 4 rings (SSSR count). The molecule has 0 fully saturated rings. The smallest absolute Gasteiger partial charge is 0.262 e. The zero-order valence-electron chi connectivity index (χ0n) is 15.3. The molecular formula is C21H17N3O4. The van der Waals surface area contributed by atoms with Crippen LogP contribution >= 0.6 is 0 Å². The predicted octanol–water partition coefficient (Wildman–Crippen LogP) is 3.55. The summed E-state index contributed by atoms with van der Waals surface area (Å²) in [7, 11) is 1.56. The van der Waals surface area contributed by atoms with Gasteiger partial charge in [-0.1, -0.05) is 29.4 Å². The summed E-state index contributed by atoms with van der Waals surface area (Å²) >= 11 is 0. The molecule has 0 aliphatic rings. The molecule has 140 valence electrons. The summed E-state index contributed by atoms with van der Waals surface area (Å²) in [5.41, 5.74) is 0.720. The lowest BCUT2D eigenvalue weighted by Crippen LogP contribution is -2.22. The van der Waals surface area contributed by atoms with Crippen molar-refractivity contribution in [3.05, 3.63) is 82.5 Å². The van der Waals surface area contributed by atoms with E-state index in [0.717, 1.165) is 0 Å². The molecule has 4 aromatic rings. The number of fused-ring (bicyclic) bond motifs is 1. The number of aryl methyl sites for hydroxylation is 1. The first-order chi connectivity index (χ1) is 13.6. The minimum absolute atomic E-state index is 0.224. The molecule has 0 saturated carbocycles. The highest BCUT2D eigenvalue weighted by atomic mass is 16.5. The average molecular weight is 375 g/mol. The maximum atomic E-state index is 13.0. The van der Waals surface area contributed by atoms with Crippen molar-refractivity contribution in [2.24, 2.45) is 0 Å². The highest BCUT2D eigenvalue weighted by molar-refractivity contribution is 6.12. The van der Waals surface area contributed by atoms with Gasteiger partial charge < -0.3 is 14.6 Å². The fourth-order valence-electron chi connectivity index (χ4n) is 3.03. The van der Waals surface area contributed by atoms with Crippen LogP contribution < -0.4 is 15.6 Å². The summed E-state index contributed by atoms with van der Waals surface area (Å²) in [5, 5.41) is 7.50. The number of rotatable bonds is 4. The van der Waals surface area contributed by atoms with Gasteiger partial charge in [-0.25, -0.2) is 0 Å². The van der Waals surface area contributed by atoms with Gasteiger partial charge in [0.2, 0.25) is 0 Å². The third kappa shape index (κ3) is 3.14. The van der Waals surface area contributed by atoms with Crippen LogP contribution in [-0.4, -0.2) is 22.7 Å². The van der Waals surface area contributed by atoms with Crippen molar-refractivity contribution >= 4 is 22.5 Å². The minimum atomic E-state index is -0.388. The quantitative estimate of drug-likeness (QED) is 0.589. The number of amides is 1. The SMILES string of the molecule is COc1cccc(-n2cc(C(=O)Nc3cc(C)on3)c3ccccc3c2=O)c1. The second-order valence-corrected chi connectivity index (χ2v) is 6.24. The number of carbonyl (C=O) groups excluding carboxylic acids is 1. The van der Waals surface area contributed by atoms with Gasteiger partial charge in [-0.15, -0.1) is 0 Å². The molecule has 0 aliphatic heterocycles. The van der Waals surface area contributed by atoms with Crippen molar-refractivity contribution in [3.63, 3.8) is 0 Å². The third-order valence-electron chi connectivity index (χ3n) is 4.37. The van der Waals surface area contributed by atoms with Crippen molar-refractivity contribution < 1.29 is 14.1 Å². The Morgan fingerprint density at radius 2 is 1.89 bits per heavy atom. The van der Waals surface area contributed by atoms with E-state index >= 15 is 0 Å². The molecule has 0 atom stereocenters. The first kappa shape index (κ1) is 17.5. The molecule has 0 bridgehead atoms. The molecular weight excluding hydrogens is 358 g/mol. The van der Waals surface area contributed by atoms with E-state index < -0.39 is 0 Å². The van der Waals surface area contributed by atoms with Gasteiger partial charge in [0.15, 0.2) is 5.82 Å². The number of hydrogen-bond acceptors (Lipinski definition) is 5. The van der Waals surface area contributed by atoms with E-state index in [4.69, 9.17) is 9.26 Å². The predicted molar refractivity (Wildman–Crippen MR) is 105 cm³/mol. The second kappa shape index (κ2) is 7.03. The van der Waals surface area contributed by atoms with Crippen molar-refractivity contribution in [1.29, 1.82) is 0 Å². The van der Waals surface area contributed by atoms with Gasteiger partial charge in [-0.3, -0.25) is 14.2 Å². The van der Waals surface area contributed by atoms with Crippen molar-refractivity contribution in [2.75, 3.05) is 12.4 Å². The van der Waals surface area contributed by atoms with Gasteiger partial charge in [0.25, 0.3) is 11.5 Å². The number of aromatic nitrogens is 2. The maximum Gasteiger partial charge on any atom is 0.262 e. The monoisotopic (exact) mass is 375 g/mol. The number of nitrogens with zero attached hydrogens (tertiary/aromatic N) is 2. The molecule has 0 aliphatic carbocycles. The Balaban J connectivity index is 1.89. The molecule has 2 heterocycles. The van der Waals surface area contributed by atoms with Crippen LogP contribution in [0, 0.1) is 6.92 Å². The number of hydrogen-bond donors (Lipinski definition) is 1. The molecule has 2 aromatic heterocycles. The lowest BCUT2D eigenvalue weighted by atomic mass is 10.1. The van der Waals surface area contributed by atoms with Crippen molar-refractivity contribution in [1.82, 2.24) is 9.72 Å². The van der Waals surface area contributed by atoms with Crippen LogP contribution in [0.4, 0.5) is 5.82 Å². The number of ether oxygens (including phenoxy) is 1. The Bertz CT molecular complexity index is 1240. The van der Waals surface area contributed by atoms with Crippen LogP contribution in [-0.2, 0) is 0 Å². The Labute approximate surface area is 160 Å². The van der Waals surface area contributed by atoms with E-state index in [1.807, 2.05) is 0 Å². The standard InChI is InChI=1S/C21H17N3O4/c1-13-10-19(23-28-13)22-20(25)18-12-24(14-6-5-7-15(11-14)27-2)21(26)17-9-4-3-8-16(17)18/h3-12H,1-2H3,(H,22,23,25). The van der Waals surface area contributed by atoms with E-state index in [1.54, 1.807) is 68.6 Å². The number of carbonyl (C=O) groups is 1. The largest absolute Gasteiger partial charge is 0.497 e. The maximum absolute atomic E-state index is 13.0. The average Bonchev–Trinajstić information content (AvgIpc) is 3.13. The molecule has 1 amide bonds. The highest BCUT2D eigenvalue weighted by Crippen LogP contribution is 2.21. The number of anilines is 1. The van der Waals surface area contributed by atoms with Gasteiger partial charge in [0.1, 0.15) is 11.5 Å². The van der Waals surface area contributed by atoms with E-state index in [2.05, 4.69) is 10.5 Å². The first-order valence-electron chi connectivity index (χ1n) is 8.60. The fraction of sp³-hybridized carbons (Fsp3) is 0.0952. The highest BCUT2D eigenvalue weighted by Gasteiger charge is 2.17. The van der Waals surface area contributed by atoms with Gasteiger partial charge in [0, 0.05) is 29.1 Å². The van der Waals surface area contributed by atoms with Crippen LogP contribution in [0.5, 0.6) is 5.75 Å². The molecule has 7 nitrogen and oxygen atoms in total. The molecule has 2 aromatic carbocycles. The van der Waals surface area contributed by atoms with E-state index in [0.29, 0.717) is 39.4 Å². The number of methoxy groups -OCH3 is 1. The Hall–Kier alpha value is -3.87.